The van der Waals surface area contributed by atoms with Gasteiger partial charge in [0.2, 0.25) is 5.95 Å². The van der Waals surface area contributed by atoms with Crippen LogP contribution in [-0.4, -0.2) is 39.4 Å². The molecule has 2 aromatic heterocycles. The van der Waals surface area contributed by atoms with E-state index >= 15 is 0 Å². The van der Waals surface area contributed by atoms with Gasteiger partial charge in [-0.15, -0.1) is 0 Å². The van der Waals surface area contributed by atoms with Gasteiger partial charge in [-0.2, -0.15) is 15.1 Å². The summed E-state index contributed by atoms with van der Waals surface area (Å²) in [6.07, 6.45) is 5.55. The smallest absolute Gasteiger partial charge is 0.231 e. The Morgan fingerprint density at radius 2 is 1.85 bits per heavy atom. The van der Waals surface area contributed by atoms with Crippen LogP contribution in [0.15, 0.2) is 30.5 Å². The molecule has 7 nitrogen and oxygen atoms in total. The molecule has 1 N–H and O–H groups in total. The number of nitrogens with one attached hydrogen (secondary N) is 1. The number of anilines is 3. The van der Waals surface area contributed by atoms with Crippen molar-refractivity contribution < 1.29 is 4.74 Å². The van der Waals surface area contributed by atoms with E-state index in [0.717, 1.165) is 41.4 Å². The number of piperidine rings is 1. The number of benzene rings is 1. The number of ether oxygens (including phenoxy) is 1. The lowest BCUT2D eigenvalue weighted by atomic mass is 10.1. The molecule has 7 heteroatoms. The van der Waals surface area contributed by atoms with Gasteiger partial charge < -0.3 is 15.0 Å². The normalized spacial score (nSPS) is 14.6. The van der Waals surface area contributed by atoms with Crippen molar-refractivity contribution >= 4 is 28.5 Å². The van der Waals surface area contributed by atoms with Gasteiger partial charge in [-0.05, 0) is 50.5 Å². The van der Waals surface area contributed by atoms with Gasteiger partial charge in [-0.1, -0.05) is 0 Å². The molecule has 3 aromatic rings. The van der Waals surface area contributed by atoms with Gasteiger partial charge in [0.05, 0.1) is 18.2 Å². The van der Waals surface area contributed by atoms with Crippen LogP contribution in [0.3, 0.4) is 0 Å². The van der Waals surface area contributed by atoms with E-state index in [0.29, 0.717) is 12.6 Å². The number of hydrogen-bond donors (Lipinski definition) is 1. The van der Waals surface area contributed by atoms with Crippen molar-refractivity contribution in [1.29, 1.82) is 0 Å². The van der Waals surface area contributed by atoms with Crippen LogP contribution in [0.1, 0.15) is 26.2 Å². The first-order valence-corrected chi connectivity index (χ1v) is 9.19. The highest BCUT2D eigenvalue weighted by Gasteiger charge is 2.19. The maximum Gasteiger partial charge on any atom is 0.231 e. The van der Waals surface area contributed by atoms with Crippen molar-refractivity contribution in [1.82, 2.24) is 19.7 Å². The van der Waals surface area contributed by atoms with E-state index in [-0.39, 0.29) is 0 Å². The van der Waals surface area contributed by atoms with E-state index in [1.807, 2.05) is 44.4 Å². The van der Waals surface area contributed by atoms with Crippen molar-refractivity contribution in [2.45, 2.75) is 26.2 Å². The molecule has 0 unspecified atom stereocenters. The molecule has 0 saturated carbocycles. The molecule has 0 aliphatic carbocycles. The standard InChI is InChI=1S/C19H24N6O/c1-3-26-15-9-7-14(8-10-15)21-19-22-17-16(13-20-24(17)2)18(23-19)25-11-5-4-6-12-25/h7-10,13H,3-6,11-12H2,1-2H3,(H,21,22,23). The van der Waals surface area contributed by atoms with Crippen LogP contribution >= 0.6 is 0 Å². The lowest BCUT2D eigenvalue weighted by molar-refractivity contribution is 0.340. The molecule has 0 amide bonds. The van der Waals surface area contributed by atoms with Crippen molar-refractivity contribution in [3.8, 4) is 5.75 Å². The first-order valence-electron chi connectivity index (χ1n) is 9.19. The molecule has 1 aliphatic heterocycles. The minimum absolute atomic E-state index is 0.589. The largest absolute Gasteiger partial charge is 0.494 e. The number of aromatic nitrogens is 4. The molecule has 0 atom stereocenters. The second-order valence-corrected chi connectivity index (χ2v) is 6.51. The van der Waals surface area contributed by atoms with E-state index in [2.05, 4.69) is 20.3 Å². The molecule has 136 valence electrons. The number of rotatable bonds is 5. The monoisotopic (exact) mass is 352 g/mol. The van der Waals surface area contributed by atoms with Crippen molar-refractivity contribution in [2.75, 3.05) is 29.9 Å². The molecular formula is C19H24N6O. The molecule has 1 saturated heterocycles. The van der Waals surface area contributed by atoms with Crippen molar-refractivity contribution in [3.05, 3.63) is 30.5 Å². The summed E-state index contributed by atoms with van der Waals surface area (Å²) in [5, 5.41) is 8.70. The van der Waals surface area contributed by atoms with Crippen LogP contribution in [-0.2, 0) is 7.05 Å². The zero-order valence-corrected chi connectivity index (χ0v) is 15.3. The van der Waals surface area contributed by atoms with Gasteiger partial charge in [0, 0.05) is 25.8 Å². The zero-order valence-electron chi connectivity index (χ0n) is 15.3. The summed E-state index contributed by atoms with van der Waals surface area (Å²) in [4.78, 5) is 11.8. The minimum atomic E-state index is 0.589. The molecule has 0 bridgehead atoms. The summed E-state index contributed by atoms with van der Waals surface area (Å²) in [5.74, 6) is 2.41. The molecule has 0 spiro atoms. The number of aryl methyl sites for hydroxylation is 1. The number of fused-ring (bicyclic) bond motifs is 1. The van der Waals surface area contributed by atoms with Crippen LogP contribution in [0.4, 0.5) is 17.5 Å². The lowest BCUT2D eigenvalue weighted by Crippen LogP contribution is -2.30. The zero-order chi connectivity index (χ0) is 17.9. The van der Waals surface area contributed by atoms with Gasteiger partial charge in [0.15, 0.2) is 5.65 Å². The SMILES string of the molecule is CCOc1ccc(Nc2nc(N3CCCCC3)c3cnn(C)c3n2)cc1. The topological polar surface area (TPSA) is 68.1 Å². The van der Waals surface area contributed by atoms with E-state index in [9.17, 15) is 0 Å². The van der Waals surface area contributed by atoms with E-state index < -0.39 is 0 Å². The third-order valence-electron chi connectivity index (χ3n) is 4.65. The Labute approximate surface area is 153 Å². The van der Waals surface area contributed by atoms with Gasteiger partial charge in [0.1, 0.15) is 11.6 Å². The summed E-state index contributed by atoms with van der Waals surface area (Å²) in [7, 11) is 1.91. The number of nitrogens with zero attached hydrogens (tertiary/aromatic N) is 5. The predicted molar refractivity (Wildman–Crippen MR) is 103 cm³/mol. The molecule has 1 aliphatic rings. The molecule has 4 rings (SSSR count). The average Bonchev–Trinajstić information content (AvgIpc) is 3.05. The third kappa shape index (κ3) is 3.29. The fraction of sp³-hybridized carbons (Fsp3) is 0.421. The Balaban J connectivity index is 1.67. The Hall–Kier alpha value is -2.83. The van der Waals surface area contributed by atoms with E-state index in [1.54, 1.807) is 4.68 Å². The summed E-state index contributed by atoms with van der Waals surface area (Å²) in [6.45, 7) is 4.70. The van der Waals surface area contributed by atoms with Gasteiger partial charge >= 0.3 is 0 Å². The quantitative estimate of drug-likeness (QED) is 0.758. The van der Waals surface area contributed by atoms with E-state index in [4.69, 9.17) is 9.72 Å². The third-order valence-corrected chi connectivity index (χ3v) is 4.65. The summed E-state index contributed by atoms with van der Waals surface area (Å²) < 4.78 is 7.29. The maximum atomic E-state index is 5.50. The predicted octanol–water partition coefficient (Wildman–Crippen LogP) is 3.50. The maximum absolute atomic E-state index is 5.50. The Kier molecular flexibility index (Phi) is 4.60. The average molecular weight is 352 g/mol. The first-order chi connectivity index (χ1) is 12.7. The highest BCUT2D eigenvalue weighted by atomic mass is 16.5. The fourth-order valence-electron chi connectivity index (χ4n) is 3.34. The van der Waals surface area contributed by atoms with Crippen LogP contribution in [0.2, 0.25) is 0 Å². The van der Waals surface area contributed by atoms with E-state index in [1.165, 1.54) is 19.3 Å². The molecular weight excluding hydrogens is 328 g/mol. The lowest BCUT2D eigenvalue weighted by Gasteiger charge is -2.28. The fourth-order valence-corrected chi connectivity index (χ4v) is 3.34. The van der Waals surface area contributed by atoms with Crippen LogP contribution in [0.5, 0.6) is 5.75 Å². The van der Waals surface area contributed by atoms with Crippen molar-refractivity contribution in [2.24, 2.45) is 7.05 Å². The van der Waals surface area contributed by atoms with Crippen LogP contribution < -0.4 is 15.0 Å². The minimum Gasteiger partial charge on any atom is -0.494 e. The molecule has 1 aromatic carbocycles. The van der Waals surface area contributed by atoms with Gasteiger partial charge in [0.25, 0.3) is 0 Å². The highest BCUT2D eigenvalue weighted by Crippen LogP contribution is 2.28. The highest BCUT2D eigenvalue weighted by molar-refractivity contribution is 5.88. The molecule has 26 heavy (non-hydrogen) atoms. The van der Waals surface area contributed by atoms with Crippen LogP contribution in [0.25, 0.3) is 11.0 Å². The summed E-state index contributed by atoms with van der Waals surface area (Å²) in [6, 6.07) is 7.84. The first kappa shape index (κ1) is 16.6. The summed E-state index contributed by atoms with van der Waals surface area (Å²) in [5.41, 5.74) is 1.77. The van der Waals surface area contributed by atoms with Crippen molar-refractivity contribution in [3.63, 3.8) is 0 Å². The van der Waals surface area contributed by atoms with Gasteiger partial charge in [-0.25, -0.2) is 0 Å². The number of hydrogen-bond acceptors (Lipinski definition) is 6. The Morgan fingerprint density at radius 3 is 2.58 bits per heavy atom. The second-order valence-electron chi connectivity index (χ2n) is 6.51. The Bertz CT molecular complexity index is 883. The Morgan fingerprint density at radius 1 is 1.08 bits per heavy atom. The van der Waals surface area contributed by atoms with Gasteiger partial charge in [-0.3, -0.25) is 4.68 Å². The molecule has 0 radical (unpaired) electrons. The second kappa shape index (κ2) is 7.19. The summed E-state index contributed by atoms with van der Waals surface area (Å²) >= 11 is 0. The molecule has 1 fully saturated rings. The van der Waals surface area contributed by atoms with Crippen LogP contribution in [0, 0.1) is 0 Å². The molecule has 3 heterocycles.